The predicted octanol–water partition coefficient (Wildman–Crippen LogP) is 1.83. The molecule has 0 bridgehead atoms. The van der Waals surface area contributed by atoms with Crippen molar-refractivity contribution in [3.63, 3.8) is 0 Å². The third-order valence-corrected chi connectivity index (χ3v) is 6.04. The van der Waals surface area contributed by atoms with Gasteiger partial charge < -0.3 is 14.5 Å². The van der Waals surface area contributed by atoms with Gasteiger partial charge in [-0.2, -0.15) is 0 Å². The highest BCUT2D eigenvalue weighted by molar-refractivity contribution is 6.22. The van der Waals surface area contributed by atoms with Crippen LogP contribution < -0.4 is 9.64 Å². The molecule has 2 aromatic carbocycles. The maximum absolute atomic E-state index is 12.9. The number of benzene rings is 2. The zero-order chi connectivity index (χ0) is 22.9. The molecule has 1 fully saturated rings. The first-order valence-electron chi connectivity index (χ1n) is 10.7. The summed E-state index contributed by atoms with van der Waals surface area (Å²) in [6, 6.07) is 14.4. The molecule has 9 nitrogen and oxygen atoms in total. The minimum atomic E-state index is -0.414. The number of imidazole rings is 1. The number of aromatic nitrogens is 2. The highest BCUT2D eigenvalue weighted by Gasteiger charge is 2.37. The third-order valence-electron chi connectivity index (χ3n) is 6.04. The molecule has 3 amide bonds. The highest BCUT2D eigenvalue weighted by atomic mass is 16.5. The SMILES string of the molecule is COc1cccc(-n2ccnc2N2CCN(C(=O)CN3C(=O)c4ccccc4C3=O)CC2)c1. The Hall–Kier alpha value is -4.14. The maximum atomic E-state index is 12.9. The number of hydrogen-bond donors (Lipinski definition) is 0. The molecule has 3 aromatic rings. The van der Waals surface area contributed by atoms with Gasteiger partial charge in [0.05, 0.1) is 23.9 Å². The molecule has 0 radical (unpaired) electrons. The quantitative estimate of drug-likeness (QED) is 0.557. The van der Waals surface area contributed by atoms with E-state index in [4.69, 9.17) is 4.74 Å². The average Bonchev–Trinajstić information content (AvgIpc) is 3.44. The van der Waals surface area contributed by atoms with Crippen molar-refractivity contribution in [2.75, 3.05) is 44.7 Å². The van der Waals surface area contributed by atoms with Crippen molar-refractivity contribution in [2.45, 2.75) is 0 Å². The fraction of sp³-hybridized carbons (Fsp3) is 0.250. The molecular weight excluding hydrogens is 422 g/mol. The zero-order valence-electron chi connectivity index (χ0n) is 18.2. The summed E-state index contributed by atoms with van der Waals surface area (Å²) in [5.41, 5.74) is 1.64. The van der Waals surface area contributed by atoms with E-state index in [9.17, 15) is 14.4 Å². The Morgan fingerprint density at radius 1 is 0.970 bits per heavy atom. The number of carbonyl (C=O) groups excluding carboxylic acids is 3. The van der Waals surface area contributed by atoms with E-state index in [0.717, 1.165) is 22.3 Å². The molecule has 0 atom stereocenters. The first-order chi connectivity index (χ1) is 16.1. The van der Waals surface area contributed by atoms with Crippen LogP contribution >= 0.6 is 0 Å². The van der Waals surface area contributed by atoms with Crippen LogP contribution in [0.25, 0.3) is 5.69 Å². The normalized spacial score (nSPS) is 15.7. The number of carbonyl (C=O) groups is 3. The van der Waals surface area contributed by atoms with Gasteiger partial charge in [0.25, 0.3) is 11.8 Å². The van der Waals surface area contributed by atoms with E-state index >= 15 is 0 Å². The Morgan fingerprint density at radius 3 is 2.33 bits per heavy atom. The van der Waals surface area contributed by atoms with Crippen molar-refractivity contribution in [1.82, 2.24) is 19.4 Å². The maximum Gasteiger partial charge on any atom is 0.262 e. The van der Waals surface area contributed by atoms with Crippen LogP contribution in [0, 0.1) is 0 Å². The molecule has 1 saturated heterocycles. The lowest BCUT2D eigenvalue weighted by atomic mass is 10.1. The van der Waals surface area contributed by atoms with Crippen molar-refractivity contribution in [3.05, 3.63) is 72.1 Å². The van der Waals surface area contributed by atoms with Crippen molar-refractivity contribution >= 4 is 23.7 Å². The number of methoxy groups -OCH3 is 1. The number of fused-ring (bicyclic) bond motifs is 1. The topological polar surface area (TPSA) is 88.0 Å². The van der Waals surface area contributed by atoms with Crippen LogP contribution in [-0.4, -0.2) is 76.9 Å². The second-order valence-electron chi connectivity index (χ2n) is 7.91. The van der Waals surface area contributed by atoms with Crippen LogP contribution in [0.1, 0.15) is 20.7 Å². The Bertz CT molecular complexity index is 1190. The van der Waals surface area contributed by atoms with Crippen LogP contribution in [0.5, 0.6) is 5.75 Å². The molecule has 168 valence electrons. The Kier molecular flexibility index (Phi) is 5.29. The number of nitrogens with zero attached hydrogens (tertiary/aromatic N) is 5. The standard InChI is InChI=1S/C24H23N5O4/c1-33-18-6-4-5-17(15-18)28-10-9-25-24(28)27-13-11-26(12-14-27)21(30)16-29-22(31)19-7-2-3-8-20(19)23(29)32/h2-10,15H,11-14,16H2,1H3. The van der Waals surface area contributed by atoms with Crippen LogP contribution in [-0.2, 0) is 4.79 Å². The minimum absolute atomic E-state index is 0.236. The van der Waals surface area contributed by atoms with Gasteiger partial charge in [-0.05, 0) is 24.3 Å². The largest absolute Gasteiger partial charge is 0.497 e. The summed E-state index contributed by atoms with van der Waals surface area (Å²) in [5, 5.41) is 0. The first-order valence-corrected chi connectivity index (χ1v) is 10.7. The average molecular weight is 445 g/mol. The van der Waals surface area contributed by atoms with Crippen molar-refractivity contribution < 1.29 is 19.1 Å². The lowest BCUT2D eigenvalue weighted by Gasteiger charge is -2.36. The Balaban J connectivity index is 1.24. The fourth-order valence-electron chi connectivity index (χ4n) is 4.27. The number of anilines is 1. The Labute approximate surface area is 190 Å². The van der Waals surface area contributed by atoms with E-state index in [-0.39, 0.29) is 12.5 Å². The summed E-state index contributed by atoms with van der Waals surface area (Å²) < 4.78 is 7.31. The number of amides is 3. The number of ether oxygens (including phenoxy) is 1. The van der Waals surface area contributed by atoms with E-state index < -0.39 is 11.8 Å². The zero-order valence-corrected chi connectivity index (χ0v) is 18.2. The van der Waals surface area contributed by atoms with Gasteiger partial charge in [-0.3, -0.25) is 23.9 Å². The molecule has 1 aromatic heterocycles. The number of imide groups is 1. The smallest absolute Gasteiger partial charge is 0.262 e. The highest BCUT2D eigenvalue weighted by Crippen LogP contribution is 2.24. The molecule has 9 heteroatoms. The van der Waals surface area contributed by atoms with Crippen LogP contribution in [0.4, 0.5) is 5.95 Å². The van der Waals surface area contributed by atoms with Crippen molar-refractivity contribution in [1.29, 1.82) is 0 Å². The van der Waals surface area contributed by atoms with Gasteiger partial charge in [-0.15, -0.1) is 0 Å². The summed E-state index contributed by atoms with van der Waals surface area (Å²) in [5.74, 6) is 0.484. The molecule has 2 aliphatic rings. The molecule has 2 aliphatic heterocycles. The summed E-state index contributed by atoms with van der Waals surface area (Å²) in [7, 11) is 1.63. The number of piperazine rings is 1. The van der Waals surface area contributed by atoms with Gasteiger partial charge in [0.15, 0.2) is 0 Å². The summed E-state index contributed by atoms with van der Waals surface area (Å²) >= 11 is 0. The first kappa shape index (κ1) is 20.7. The predicted molar refractivity (Wildman–Crippen MR) is 121 cm³/mol. The summed E-state index contributed by atoms with van der Waals surface area (Å²) in [6.07, 6.45) is 3.64. The van der Waals surface area contributed by atoms with Crippen molar-refractivity contribution in [3.8, 4) is 11.4 Å². The molecule has 0 N–H and O–H groups in total. The van der Waals surface area contributed by atoms with Crippen LogP contribution in [0.3, 0.4) is 0 Å². The monoisotopic (exact) mass is 445 g/mol. The molecular formula is C24H23N5O4. The van der Waals surface area contributed by atoms with E-state index in [0.29, 0.717) is 37.3 Å². The molecule has 0 saturated carbocycles. The fourth-order valence-corrected chi connectivity index (χ4v) is 4.27. The van der Waals surface area contributed by atoms with Crippen molar-refractivity contribution in [2.24, 2.45) is 0 Å². The lowest BCUT2D eigenvalue weighted by molar-refractivity contribution is -0.131. The van der Waals surface area contributed by atoms with Gasteiger partial charge in [0.1, 0.15) is 12.3 Å². The van der Waals surface area contributed by atoms with E-state index in [1.807, 2.05) is 35.0 Å². The summed E-state index contributed by atoms with van der Waals surface area (Å²) in [4.78, 5) is 47.3. The molecule has 3 heterocycles. The van der Waals surface area contributed by atoms with E-state index in [2.05, 4.69) is 9.88 Å². The summed E-state index contributed by atoms with van der Waals surface area (Å²) in [6.45, 7) is 1.90. The van der Waals surface area contributed by atoms with E-state index in [1.54, 1.807) is 42.5 Å². The molecule has 33 heavy (non-hydrogen) atoms. The van der Waals surface area contributed by atoms with E-state index in [1.165, 1.54) is 0 Å². The molecule has 0 unspecified atom stereocenters. The van der Waals surface area contributed by atoms with Gasteiger partial charge in [-0.1, -0.05) is 18.2 Å². The Morgan fingerprint density at radius 2 is 1.67 bits per heavy atom. The minimum Gasteiger partial charge on any atom is -0.497 e. The molecule has 0 spiro atoms. The van der Waals surface area contributed by atoms with Crippen LogP contribution in [0.15, 0.2) is 60.9 Å². The number of rotatable bonds is 5. The molecule has 5 rings (SSSR count). The van der Waals surface area contributed by atoms with Crippen LogP contribution in [0.2, 0.25) is 0 Å². The number of hydrogen-bond acceptors (Lipinski definition) is 6. The second-order valence-corrected chi connectivity index (χ2v) is 7.91. The second kappa shape index (κ2) is 8.42. The lowest BCUT2D eigenvalue weighted by Crippen LogP contribution is -2.52. The molecule has 0 aliphatic carbocycles. The van der Waals surface area contributed by atoms with Gasteiger partial charge in [0.2, 0.25) is 11.9 Å². The van der Waals surface area contributed by atoms with Gasteiger partial charge in [0, 0.05) is 44.6 Å². The van der Waals surface area contributed by atoms with Gasteiger partial charge >= 0.3 is 0 Å². The third kappa shape index (κ3) is 3.71. The van der Waals surface area contributed by atoms with Gasteiger partial charge in [-0.25, -0.2) is 4.98 Å².